The number of nitrogens with zero attached hydrogens (tertiary/aromatic N) is 1. The van der Waals surface area contributed by atoms with Crippen molar-refractivity contribution in [3.8, 4) is 5.75 Å². The van der Waals surface area contributed by atoms with Gasteiger partial charge in [-0.05, 0) is 38.7 Å². The number of ether oxygens (including phenoxy) is 1. The lowest BCUT2D eigenvalue weighted by Crippen LogP contribution is -2.36. The summed E-state index contributed by atoms with van der Waals surface area (Å²) in [4.78, 5) is 14.1. The van der Waals surface area contributed by atoms with Gasteiger partial charge in [-0.15, -0.1) is 12.4 Å². The number of para-hydroxylation sites is 1. The Morgan fingerprint density at radius 2 is 1.71 bits per heavy atom. The standard InChI is InChI=1S/C19H24N2O2.ClH/c1-15-9-11-16(12-10-15)18(21(2)3)13-20-19(22)14-23-17-7-5-4-6-8-17;/h4-12,18H,13-14H2,1-3H3,(H,20,22);1H. The predicted molar refractivity (Wildman–Crippen MR) is 99.8 cm³/mol. The van der Waals surface area contributed by atoms with Crippen molar-refractivity contribution in [2.45, 2.75) is 13.0 Å². The van der Waals surface area contributed by atoms with Crippen LogP contribution in [0.3, 0.4) is 0 Å². The number of rotatable bonds is 7. The van der Waals surface area contributed by atoms with Crippen LogP contribution in [0.2, 0.25) is 0 Å². The Bertz CT molecular complexity index is 615. The summed E-state index contributed by atoms with van der Waals surface area (Å²) in [6.07, 6.45) is 0. The summed E-state index contributed by atoms with van der Waals surface area (Å²) in [6.45, 7) is 2.64. The summed E-state index contributed by atoms with van der Waals surface area (Å²) in [5, 5.41) is 2.94. The molecule has 1 N–H and O–H groups in total. The molecule has 5 heteroatoms. The van der Waals surface area contributed by atoms with Gasteiger partial charge in [-0.3, -0.25) is 4.79 Å². The van der Waals surface area contributed by atoms with Crippen LogP contribution in [0.4, 0.5) is 0 Å². The van der Waals surface area contributed by atoms with Crippen LogP contribution in [0.15, 0.2) is 54.6 Å². The van der Waals surface area contributed by atoms with E-state index in [0.717, 1.165) is 0 Å². The van der Waals surface area contributed by atoms with Crippen LogP contribution >= 0.6 is 12.4 Å². The van der Waals surface area contributed by atoms with Crippen LogP contribution in [-0.4, -0.2) is 38.1 Å². The smallest absolute Gasteiger partial charge is 0.258 e. The zero-order valence-electron chi connectivity index (χ0n) is 14.4. The molecule has 0 spiro atoms. The predicted octanol–water partition coefficient (Wildman–Crippen LogP) is 3.21. The number of hydrogen-bond donors (Lipinski definition) is 1. The fourth-order valence-corrected chi connectivity index (χ4v) is 2.31. The molecule has 4 nitrogen and oxygen atoms in total. The van der Waals surface area contributed by atoms with Gasteiger partial charge in [0.2, 0.25) is 0 Å². The molecule has 0 aliphatic carbocycles. The van der Waals surface area contributed by atoms with E-state index in [9.17, 15) is 4.79 Å². The zero-order chi connectivity index (χ0) is 16.7. The fourth-order valence-electron chi connectivity index (χ4n) is 2.31. The highest BCUT2D eigenvalue weighted by Crippen LogP contribution is 2.17. The quantitative estimate of drug-likeness (QED) is 0.835. The average Bonchev–Trinajstić information content (AvgIpc) is 2.55. The first-order valence-electron chi connectivity index (χ1n) is 7.74. The first kappa shape index (κ1) is 20.0. The molecular formula is C19H25ClN2O2. The number of carbonyl (C=O) groups is 1. The molecule has 0 aliphatic rings. The molecule has 0 aromatic heterocycles. The lowest BCUT2D eigenvalue weighted by atomic mass is 10.0. The lowest BCUT2D eigenvalue weighted by molar-refractivity contribution is -0.123. The van der Waals surface area contributed by atoms with Crippen LogP contribution < -0.4 is 10.1 Å². The molecule has 2 aromatic rings. The van der Waals surface area contributed by atoms with E-state index in [1.54, 1.807) is 0 Å². The Morgan fingerprint density at radius 1 is 1.08 bits per heavy atom. The summed E-state index contributed by atoms with van der Waals surface area (Å²) in [5.41, 5.74) is 2.41. The second-order valence-corrected chi connectivity index (χ2v) is 5.80. The molecule has 0 heterocycles. The Labute approximate surface area is 150 Å². The van der Waals surface area contributed by atoms with Crippen LogP contribution in [0, 0.1) is 6.92 Å². The molecule has 2 rings (SSSR count). The normalized spacial score (nSPS) is 11.5. The molecular weight excluding hydrogens is 324 g/mol. The molecule has 2 aromatic carbocycles. The molecule has 0 saturated heterocycles. The second kappa shape index (κ2) is 9.96. The number of benzene rings is 2. The molecule has 1 amide bonds. The third-order valence-electron chi connectivity index (χ3n) is 3.69. The first-order chi connectivity index (χ1) is 11.1. The van der Waals surface area contributed by atoms with Crippen molar-refractivity contribution in [2.75, 3.05) is 27.2 Å². The number of hydrogen-bond acceptors (Lipinski definition) is 3. The minimum absolute atomic E-state index is 0. The van der Waals surface area contributed by atoms with Crippen LogP contribution in [0.25, 0.3) is 0 Å². The van der Waals surface area contributed by atoms with E-state index in [2.05, 4.69) is 41.4 Å². The van der Waals surface area contributed by atoms with Crippen molar-refractivity contribution in [1.29, 1.82) is 0 Å². The second-order valence-electron chi connectivity index (χ2n) is 5.80. The Balaban J connectivity index is 0.00000288. The molecule has 0 radical (unpaired) electrons. The third-order valence-corrected chi connectivity index (χ3v) is 3.69. The number of aryl methyl sites for hydroxylation is 1. The van der Waals surface area contributed by atoms with Gasteiger partial charge < -0.3 is 15.0 Å². The highest BCUT2D eigenvalue weighted by molar-refractivity contribution is 5.85. The van der Waals surface area contributed by atoms with E-state index in [4.69, 9.17) is 4.74 Å². The van der Waals surface area contributed by atoms with Gasteiger partial charge in [0.15, 0.2) is 6.61 Å². The molecule has 0 bridgehead atoms. The molecule has 0 fully saturated rings. The first-order valence-corrected chi connectivity index (χ1v) is 7.74. The van der Waals surface area contributed by atoms with E-state index in [1.807, 2.05) is 44.4 Å². The number of likely N-dealkylation sites (N-methyl/N-ethyl adjacent to an activating group) is 1. The van der Waals surface area contributed by atoms with Crippen LogP contribution in [0.1, 0.15) is 17.2 Å². The van der Waals surface area contributed by atoms with Gasteiger partial charge in [-0.1, -0.05) is 48.0 Å². The number of amides is 1. The van der Waals surface area contributed by atoms with Crippen molar-refractivity contribution < 1.29 is 9.53 Å². The fraction of sp³-hybridized carbons (Fsp3) is 0.316. The maximum atomic E-state index is 12.0. The van der Waals surface area contributed by atoms with Gasteiger partial charge in [0, 0.05) is 6.54 Å². The minimum Gasteiger partial charge on any atom is -0.484 e. The average molecular weight is 349 g/mol. The largest absolute Gasteiger partial charge is 0.484 e. The Morgan fingerprint density at radius 3 is 2.29 bits per heavy atom. The molecule has 0 aliphatic heterocycles. The molecule has 24 heavy (non-hydrogen) atoms. The van der Waals surface area contributed by atoms with Crippen molar-refractivity contribution in [2.24, 2.45) is 0 Å². The summed E-state index contributed by atoms with van der Waals surface area (Å²) in [7, 11) is 4.02. The molecule has 130 valence electrons. The van der Waals surface area contributed by atoms with E-state index in [-0.39, 0.29) is 31.0 Å². The minimum atomic E-state index is -0.118. The monoisotopic (exact) mass is 348 g/mol. The highest BCUT2D eigenvalue weighted by Gasteiger charge is 2.15. The van der Waals surface area contributed by atoms with E-state index in [0.29, 0.717) is 12.3 Å². The number of halogens is 1. The topological polar surface area (TPSA) is 41.6 Å². The summed E-state index contributed by atoms with van der Waals surface area (Å²) >= 11 is 0. The van der Waals surface area contributed by atoms with Gasteiger partial charge in [0.1, 0.15) is 5.75 Å². The van der Waals surface area contributed by atoms with Crippen LogP contribution in [-0.2, 0) is 4.79 Å². The van der Waals surface area contributed by atoms with Crippen LogP contribution in [0.5, 0.6) is 5.75 Å². The number of carbonyl (C=O) groups excluding carboxylic acids is 1. The summed E-state index contributed by atoms with van der Waals surface area (Å²) in [6, 6.07) is 17.9. The van der Waals surface area contributed by atoms with Crippen molar-refractivity contribution in [1.82, 2.24) is 10.2 Å². The summed E-state index contributed by atoms with van der Waals surface area (Å²) in [5.74, 6) is 0.582. The van der Waals surface area contributed by atoms with Crippen molar-refractivity contribution in [3.63, 3.8) is 0 Å². The lowest BCUT2D eigenvalue weighted by Gasteiger charge is -2.25. The third kappa shape index (κ3) is 6.22. The Hall–Kier alpha value is -2.04. The molecule has 1 atom stereocenters. The van der Waals surface area contributed by atoms with Gasteiger partial charge in [0.05, 0.1) is 6.04 Å². The van der Waals surface area contributed by atoms with Crippen molar-refractivity contribution >= 4 is 18.3 Å². The highest BCUT2D eigenvalue weighted by atomic mass is 35.5. The molecule has 0 saturated carbocycles. The molecule has 1 unspecified atom stereocenters. The van der Waals surface area contributed by atoms with Gasteiger partial charge >= 0.3 is 0 Å². The SMILES string of the molecule is Cc1ccc(C(CNC(=O)COc2ccccc2)N(C)C)cc1.Cl. The van der Waals surface area contributed by atoms with Gasteiger partial charge in [0.25, 0.3) is 5.91 Å². The zero-order valence-corrected chi connectivity index (χ0v) is 15.2. The summed E-state index contributed by atoms with van der Waals surface area (Å²) < 4.78 is 5.46. The maximum absolute atomic E-state index is 12.0. The van der Waals surface area contributed by atoms with E-state index < -0.39 is 0 Å². The van der Waals surface area contributed by atoms with E-state index >= 15 is 0 Å². The Kier molecular flexibility index (Phi) is 8.30. The number of nitrogens with one attached hydrogen (secondary N) is 1. The van der Waals surface area contributed by atoms with E-state index in [1.165, 1.54) is 11.1 Å². The van der Waals surface area contributed by atoms with Crippen molar-refractivity contribution in [3.05, 3.63) is 65.7 Å². The maximum Gasteiger partial charge on any atom is 0.258 e. The van der Waals surface area contributed by atoms with Gasteiger partial charge in [-0.2, -0.15) is 0 Å². The van der Waals surface area contributed by atoms with Gasteiger partial charge in [-0.25, -0.2) is 0 Å².